The lowest BCUT2D eigenvalue weighted by Crippen LogP contribution is -2.14. The van der Waals surface area contributed by atoms with Crippen LogP contribution in [0.15, 0.2) is 0 Å². The summed E-state index contributed by atoms with van der Waals surface area (Å²) in [6.45, 7) is 8.94. The van der Waals surface area contributed by atoms with E-state index in [1.165, 1.54) is 0 Å². The Bertz CT molecular complexity index is 247. The van der Waals surface area contributed by atoms with Gasteiger partial charge in [-0.1, -0.05) is 13.3 Å². The van der Waals surface area contributed by atoms with E-state index < -0.39 is 13.1 Å². The summed E-state index contributed by atoms with van der Waals surface area (Å²) in [5.41, 5.74) is -0.406. The number of carbonyl (C=O) groups excluding carboxylic acids is 1. The fraction of sp³-hybridized carbons (Fsp3) is 0.909. The predicted molar refractivity (Wildman–Crippen MR) is 64.6 cm³/mol. The highest BCUT2D eigenvalue weighted by molar-refractivity contribution is 7.71. The second-order valence-electron chi connectivity index (χ2n) is 4.30. The zero-order valence-corrected chi connectivity index (χ0v) is 11.8. The van der Waals surface area contributed by atoms with E-state index >= 15 is 0 Å². The summed E-state index contributed by atoms with van der Waals surface area (Å²) in [6, 6.07) is 0. The minimum absolute atomic E-state index is 0.257. The standard InChI is InChI=1S/C11H23O4P/c1-6-7-8-11(12)16(13,14-9(2)3)15-10(4)5/h9-10H,6-8H2,1-5H3. The van der Waals surface area contributed by atoms with Crippen molar-refractivity contribution in [1.82, 2.24) is 0 Å². The lowest BCUT2D eigenvalue weighted by Gasteiger charge is -2.21. The first-order valence-corrected chi connectivity index (χ1v) is 7.36. The van der Waals surface area contributed by atoms with Crippen LogP contribution in [-0.2, 0) is 18.4 Å². The van der Waals surface area contributed by atoms with Crippen LogP contribution in [0.2, 0.25) is 0 Å². The van der Waals surface area contributed by atoms with Crippen LogP contribution in [0.4, 0.5) is 0 Å². The number of hydrogen-bond donors (Lipinski definition) is 0. The smallest absolute Gasteiger partial charge is 0.300 e. The molecule has 5 heteroatoms. The Hall–Kier alpha value is -0.180. The van der Waals surface area contributed by atoms with Crippen molar-refractivity contribution < 1.29 is 18.4 Å². The molecule has 0 heterocycles. The van der Waals surface area contributed by atoms with E-state index in [1.54, 1.807) is 27.7 Å². The Balaban J connectivity index is 4.64. The monoisotopic (exact) mass is 250 g/mol. The predicted octanol–water partition coefficient (Wildman–Crippen LogP) is 3.75. The van der Waals surface area contributed by atoms with Crippen LogP contribution < -0.4 is 0 Å². The van der Waals surface area contributed by atoms with Crippen molar-refractivity contribution in [3.63, 3.8) is 0 Å². The normalized spacial score (nSPS) is 12.4. The van der Waals surface area contributed by atoms with Crippen LogP contribution in [0.5, 0.6) is 0 Å². The average molecular weight is 250 g/mol. The molecular weight excluding hydrogens is 227 g/mol. The summed E-state index contributed by atoms with van der Waals surface area (Å²) in [7, 11) is -3.59. The maximum Gasteiger partial charge on any atom is 0.397 e. The summed E-state index contributed by atoms with van der Waals surface area (Å²) in [6.07, 6.45) is 1.29. The van der Waals surface area contributed by atoms with Gasteiger partial charge in [0.15, 0.2) is 0 Å². The topological polar surface area (TPSA) is 52.6 Å². The zero-order chi connectivity index (χ0) is 12.8. The molecule has 0 amide bonds. The second-order valence-corrected chi connectivity index (χ2v) is 6.22. The van der Waals surface area contributed by atoms with Crippen LogP contribution in [-0.4, -0.2) is 17.7 Å². The van der Waals surface area contributed by atoms with Crippen molar-refractivity contribution in [2.24, 2.45) is 0 Å². The minimum Gasteiger partial charge on any atom is -0.300 e. The van der Waals surface area contributed by atoms with Gasteiger partial charge in [0.05, 0.1) is 12.2 Å². The molecule has 0 aliphatic rings. The fourth-order valence-corrected chi connectivity index (χ4v) is 2.99. The maximum absolute atomic E-state index is 12.2. The Morgan fingerprint density at radius 1 is 1.12 bits per heavy atom. The van der Waals surface area contributed by atoms with Gasteiger partial charge in [-0.05, 0) is 34.1 Å². The molecule has 0 aromatic rings. The lowest BCUT2D eigenvalue weighted by molar-refractivity contribution is -0.114. The van der Waals surface area contributed by atoms with Gasteiger partial charge >= 0.3 is 7.60 Å². The molecule has 0 aliphatic heterocycles. The molecular formula is C11H23O4P. The molecule has 0 fully saturated rings. The number of unbranched alkanes of at least 4 members (excludes halogenated alkanes) is 1. The third-order valence-corrected chi connectivity index (χ3v) is 3.98. The SMILES string of the molecule is CCCCC(=O)P(=O)(OC(C)C)OC(C)C. The summed E-state index contributed by atoms with van der Waals surface area (Å²) in [5, 5.41) is 0. The first kappa shape index (κ1) is 15.8. The van der Waals surface area contributed by atoms with Crippen molar-refractivity contribution in [2.75, 3.05) is 0 Å². The summed E-state index contributed by atoms with van der Waals surface area (Å²) >= 11 is 0. The lowest BCUT2D eigenvalue weighted by atomic mass is 10.3. The summed E-state index contributed by atoms with van der Waals surface area (Å²) < 4.78 is 22.6. The second kappa shape index (κ2) is 7.21. The van der Waals surface area contributed by atoms with Gasteiger partial charge in [-0.25, -0.2) is 0 Å². The third kappa shape index (κ3) is 5.78. The zero-order valence-electron chi connectivity index (χ0n) is 10.9. The van der Waals surface area contributed by atoms with E-state index in [9.17, 15) is 9.36 Å². The molecule has 0 radical (unpaired) electrons. The third-order valence-electron chi connectivity index (χ3n) is 1.75. The highest BCUT2D eigenvalue weighted by Gasteiger charge is 2.35. The Morgan fingerprint density at radius 2 is 1.56 bits per heavy atom. The molecule has 0 aromatic carbocycles. The summed E-state index contributed by atoms with van der Waals surface area (Å²) in [5.74, 6) is 0. The van der Waals surface area contributed by atoms with E-state index in [4.69, 9.17) is 9.05 Å². The highest BCUT2D eigenvalue weighted by Crippen LogP contribution is 2.52. The molecule has 0 N–H and O–H groups in total. The first-order chi connectivity index (χ1) is 7.31. The van der Waals surface area contributed by atoms with Crippen molar-refractivity contribution in [3.8, 4) is 0 Å². The number of carbonyl (C=O) groups is 1. The van der Waals surface area contributed by atoms with Crippen LogP contribution in [0.3, 0.4) is 0 Å². The van der Waals surface area contributed by atoms with E-state index in [2.05, 4.69) is 0 Å². The van der Waals surface area contributed by atoms with Crippen molar-refractivity contribution in [3.05, 3.63) is 0 Å². The van der Waals surface area contributed by atoms with Gasteiger partial charge in [-0.15, -0.1) is 0 Å². The number of hydrogen-bond acceptors (Lipinski definition) is 4. The molecule has 0 atom stereocenters. The molecule has 96 valence electrons. The Morgan fingerprint density at radius 3 is 1.88 bits per heavy atom. The number of rotatable bonds is 8. The molecule has 0 unspecified atom stereocenters. The minimum atomic E-state index is -3.59. The van der Waals surface area contributed by atoms with Gasteiger partial charge < -0.3 is 9.05 Å². The van der Waals surface area contributed by atoms with E-state index in [1.807, 2.05) is 6.92 Å². The summed E-state index contributed by atoms with van der Waals surface area (Å²) in [4.78, 5) is 11.8. The average Bonchev–Trinajstić information content (AvgIpc) is 2.11. The van der Waals surface area contributed by atoms with Gasteiger partial charge in [-0.3, -0.25) is 9.36 Å². The maximum atomic E-state index is 12.2. The molecule has 0 aromatic heterocycles. The van der Waals surface area contributed by atoms with Crippen molar-refractivity contribution >= 4 is 13.1 Å². The van der Waals surface area contributed by atoms with Gasteiger partial charge in [0, 0.05) is 6.42 Å². The molecule has 0 saturated carbocycles. The van der Waals surface area contributed by atoms with Crippen LogP contribution in [0.25, 0.3) is 0 Å². The first-order valence-electron chi connectivity index (χ1n) is 5.82. The largest absolute Gasteiger partial charge is 0.397 e. The van der Waals surface area contributed by atoms with Crippen LogP contribution >= 0.6 is 7.60 Å². The van der Waals surface area contributed by atoms with Crippen LogP contribution in [0, 0.1) is 0 Å². The fourth-order valence-electron chi connectivity index (χ4n) is 1.16. The molecule has 0 aliphatic carbocycles. The molecule has 0 rings (SSSR count). The molecule has 0 spiro atoms. The van der Waals surface area contributed by atoms with Crippen molar-refractivity contribution in [1.29, 1.82) is 0 Å². The molecule has 0 bridgehead atoms. The van der Waals surface area contributed by atoms with E-state index in [0.29, 0.717) is 6.42 Å². The van der Waals surface area contributed by atoms with E-state index in [-0.39, 0.29) is 18.6 Å². The van der Waals surface area contributed by atoms with Gasteiger partial charge in [0.2, 0.25) is 5.52 Å². The quantitative estimate of drug-likeness (QED) is 0.616. The molecule has 0 saturated heterocycles. The van der Waals surface area contributed by atoms with Crippen LogP contribution in [0.1, 0.15) is 53.9 Å². The Kier molecular flexibility index (Phi) is 7.12. The molecule has 16 heavy (non-hydrogen) atoms. The van der Waals surface area contributed by atoms with Gasteiger partial charge in [-0.2, -0.15) is 0 Å². The highest BCUT2D eigenvalue weighted by atomic mass is 31.2. The van der Waals surface area contributed by atoms with Gasteiger partial charge in [0.25, 0.3) is 0 Å². The molecule has 4 nitrogen and oxygen atoms in total. The van der Waals surface area contributed by atoms with E-state index in [0.717, 1.165) is 6.42 Å². The van der Waals surface area contributed by atoms with Crippen molar-refractivity contribution in [2.45, 2.75) is 66.1 Å². The Labute approximate surface area is 98.2 Å². The van der Waals surface area contributed by atoms with Gasteiger partial charge in [0.1, 0.15) is 0 Å².